The summed E-state index contributed by atoms with van der Waals surface area (Å²) >= 11 is 0. The van der Waals surface area contributed by atoms with Crippen molar-refractivity contribution >= 4 is 0 Å². The maximum absolute atomic E-state index is 10.3. The molecular weight excluding hydrogens is 150 g/mol. The predicted molar refractivity (Wildman–Crippen MR) is 49.0 cm³/mol. The topological polar surface area (TPSA) is 32.3 Å². The van der Waals surface area contributed by atoms with Gasteiger partial charge in [-0.05, 0) is 57.5 Å². The average Bonchev–Trinajstić information content (AvgIpc) is 2.79. The fourth-order valence-electron chi connectivity index (χ4n) is 2.32. The fourth-order valence-corrected chi connectivity index (χ4v) is 2.32. The van der Waals surface area contributed by atoms with Crippen molar-refractivity contribution in [3.8, 4) is 0 Å². The first-order chi connectivity index (χ1) is 5.81. The fraction of sp³-hybridized carbons (Fsp3) is 1.00. The van der Waals surface area contributed by atoms with E-state index in [0.29, 0.717) is 5.92 Å². The SMILES string of the molecule is OC1(C2CC2)CCCNCCC1. The Morgan fingerprint density at radius 3 is 2.17 bits per heavy atom. The van der Waals surface area contributed by atoms with Gasteiger partial charge in [0, 0.05) is 0 Å². The molecule has 1 saturated carbocycles. The van der Waals surface area contributed by atoms with Crippen LogP contribution in [0.5, 0.6) is 0 Å². The summed E-state index contributed by atoms with van der Waals surface area (Å²) in [5.74, 6) is 0.649. The second-order valence-electron chi connectivity index (χ2n) is 4.33. The summed E-state index contributed by atoms with van der Waals surface area (Å²) < 4.78 is 0. The van der Waals surface area contributed by atoms with Gasteiger partial charge in [-0.1, -0.05) is 0 Å². The van der Waals surface area contributed by atoms with Crippen LogP contribution in [0.25, 0.3) is 0 Å². The Hall–Kier alpha value is -0.0800. The molecule has 2 aliphatic rings. The van der Waals surface area contributed by atoms with E-state index in [4.69, 9.17) is 0 Å². The smallest absolute Gasteiger partial charge is 0.0676 e. The van der Waals surface area contributed by atoms with Crippen molar-refractivity contribution in [1.29, 1.82) is 0 Å². The van der Waals surface area contributed by atoms with E-state index in [1.165, 1.54) is 12.8 Å². The molecule has 70 valence electrons. The van der Waals surface area contributed by atoms with Crippen molar-refractivity contribution < 1.29 is 5.11 Å². The summed E-state index contributed by atoms with van der Waals surface area (Å²) in [7, 11) is 0. The molecule has 1 heterocycles. The van der Waals surface area contributed by atoms with Gasteiger partial charge in [-0.2, -0.15) is 0 Å². The van der Waals surface area contributed by atoms with Crippen LogP contribution in [-0.4, -0.2) is 23.8 Å². The van der Waals surface area contributed by atoms with Gasteiger partial charge < -0.3 is 10.4 Å². The summed E-state index contributed by atoms with van der Waals surface area (Å²) in [6.45, 7) is 2.18. The minimum atomic E-state index is -0.276. The van der Waals surface area contributed by atoms with Crippen molar-refractivity contribution in [1.82, 2.24) is 5.32 Å². The highest BCUT2D eigenvalue weighted by Gasteiger charge is 2.42. The van der Waals surface area contributed by atoms with E-state index in [0.717, 1.165) is 38.8 Å². The molecule has 0 unspecified atom stereocenters. The van der Waals surface area contributed by atoms with Gasteiger partial charge in [-0.25, -0.2) is 0 Å². The number of rotatable bonds is 1. The van der Waals surface area contributed by atoms with Gasteiger partial charge in [-0.3, -0.25) is 0 Å². The molecule has 0 atom stereocenters. The minimum absolute atomic E-state index is 0.276. The number of hydrogen-bond donors (Lipinski definition) is 2. The van der Waals surface area contributed by atoms with Crippen molar-refractivity contribution in [2.24, 2.45) is 5.92 Å². The van der Waals surface area contributed by atoms with E-state index in [1.54, 1.807) is 0 Å². The van der Waals surface area contributed by atoms with Gasteiger partial charge in [0.25, 0.3) is 0 Å². The van der Waals surface area contributed by atoms with Crippen LogP contribution >= 0.6 is 0 Å². The van der Waals surface area contributed by atoms with Gasteiger partial charge in [0.15, 0.2) is 0 Å². The lowest BCUT2D eigenvalue weighted by Gasteiger charge is -2.30. The maximum Gasteiger partial charge on any atom is 0.0676 e. The quantitative estimate of drug-likeness (QED) is 0.620. The van der Waals surface area contributed by atoms with Crippen LogP contribution in [0.4, 0.5) is 0 Å². The molecule has 1 saturated heterocycles. The van der Waals surface area contributed by atoms with Crippen LogP contribution in [0, 0.1) is 5.92 Å². The second-order valence-corrected chi connectivity index (χ2v) is 4.33. The lowest BCUT2D eigenvalue weighted by Crippen LogP contribution is -2.36. The first-order valence-electron chi connectivity index (χ1n) is 5.24. The van der Waals surface area contributed by atoms with Gasteiger partial charge in [0.2, 0.25) is 0 Å². The Morgan fingerprint density at radius 1 is 1.08 bits per heavy atom. The minimum Gasteiger partial charge on any atom is -0.390 e. The summed E-state index contributed by atoms with van der Waals surface area (Å²) in [5, 5.41) is 13.7. The molecule has 0 bridgehead atoms. The molecule has 1 aliphatic heterocycles. The molecule has 1 aliphatic carbocycles. The van der Waals surface area contributed by atoms with Crippen LogP contribution in [0.2, 0.25) is 0 Å². The Kier molecular flexibility index (Phi) is 2.37. The van der Waals surface area contributed by atoms with Crippen LogP contribution < -0.4 is 5.32 Å². The summed E-state index contributed by atoms with van der Waals surface area (Å²) in [6.07, 6.45) is 6.86. The highest BCUT2D eigenvalue weighted by molar-refractivity contribution is 4.95. The van der Waals surface area contributed by atoms with E-state index in [9.17, 15) is 5.11 Å². The van der Waals surface area contributed by atoms with Gasteiger partial charge >= 0.3 is 0 Å². The molecule has 0 aromatic rings. The summed E-state index contributed by atoms with van der Waals surface area (Å²) in [6, 6.07) is 0. The lowest BCUT2D eigenvalue weighted by molar-refractivity contribution is -0.00566. The summed E-state index contributed by atoms with van der Waals surface area (Å²) in [4.78, 5) is 0. The van der Waals surface area contributed by atoms with Crippen LogP contribution in [0.15, 0.2) is 0 Å². The Labute approximate surface area is 74.4 Å². The van der Waals surface area contributed by atoms with E-state index in [2.05, 4.69) is 5.32 Å². The molecular formula is C10H19NO. The third-order valence-electron chi connectivity index (χ3n) is 3.26. The Bertz CT molecular complexity index is 146. The van der Waals surface area contributed by atoms with Gasteiger partial charge in [0.05, 0.1) is 5.60 Å². The van der Waals surface area contributed by atoms with Gasteiger partial charge in [-0.15, -0.1) is 0 Å². The van der Waals surface area contributed by atoms with Crippen molar-refractivity contribution in [2.75, 3.05) is 13.1 Å². The second kappa shape index (κ2) is 3.35. The molecule has 0 aromatic carbocycles. The highest BCUT2D eigenvalue weighted by Crippen LogP contribution is 2.44. The monoisotopic (exact) mass is 169 g/mol. The van der Waals surface area contributed by atoms with E-state index < -0.39 is 0 Å². The lowest BCUT2D eigenvalue weighted by atomic mass is 9.86. The van der Waals surface area contributed by atoms with E-state index in [1.807, 2.05) is 0 Å². The third kappa shape index (κ3) is 1.80. The zero-order chi connectivity index (χ0) is 8.44. The zero-order valence-electron chi connectivity index (χ0n) is 7.68. The van der Waals surface area contributed by atoms with E-state index >= 15 is 0 Å². The summed E-state index contributed by atoms with van der Waals surface area (Å²) in [5.41, 5.74) is -0.276. The molecule has 12 heavy (non-hydrogen) atoms. The third-order valence-corrected chi connectivity index (χ3v) is 3.26. The average molecular weight is 169 g/mol. The van der Waals surface area contributed by atoms with Gasteiger partial charge in [0.1, 0.15) is 0 Å². The molecule has 2 fully saturated rings. The Morgan fingerprint density at radius 2 is 1.67 bits per heavy atom. The number of nitrogens with one attached hydrogen (secondary N) is 1. The molecule has 2 heteroatoms. The molecule has 0 spiro atoms. The molecule has 2 nitrogen and oxygen atoms in total. The van der Waals surface area contributed by atoms with E-state index in [-0.39, 0.29) is 5.60 Å². The van der Waals surface area contributed by atoms with Crippen molar-refractivity contribution in [3.05, 3.63) is 0 Å². The van der Waals surface area contributed by atoms with Crippen LogP contribution in [0.3, 0.4) is 0 Å². The molecule has 0 aromatic heterocycles. The first kappa shape index (κ1) is 8.52. The van der Waals surface area contributed by atoms with Crippen LogP contribution in [-0.2, 0) is 0 Å². The molecule has 0 radical (unpaired) electrons. The van der Waals surface area contributed by atoms with Crippen LogP contribution in [0.1, 0.15) is 38.5 Å². The largest absolute Gasteiger partial charge is 0.390 e. The maximum atomic E-state index is 10.3. The van der Waals surface area contributed by atoms with Crippen molar-refractivity contribution in [3.63, 3.8) is 0 Å². The molecule has 2 rings (SSSR count). The Balaban J connectivity index is 1.91. The highest BCUT2D eigenvalue weighted by atomic mass is 16.3. The normalized spacial score (nSPS) is 30.8. The standard InChI is InChI=1S/C10H19NO/c12-10(9-3-4-9)5-1-7-11-8-2-6-10/h9,11-12H,1-8H2. The first-order valence-corrected chi connectivity index (χ1v) is 5.24. The number of hydrogen-bond acceptors (Lipinski definition) is 2. The van der Waals surface area contributed by atoms with Crippen molar-refractivity contribution in [2.45, 2.75) is 44.1 Å². The zero-order valence-corrected chi connectivity index (χ0v) is 7.68. The molecule has 0 amide bonds. The number of aliphatic hydroxyl groups is 1. The predicted octanol–water partition coefficient (Wildman–Crippen LogP) is 1.29. The molecule has 2 N–H and O–H groups in total.